The highest BCUT2D eigenvalue weighted by atomic mass is 32.2. The fourth-order valence-electron chi connectivity index (χ4n) is 2.08. The van der Waals surface area contributed by atoms with E-state index in [9.17, 15) is 27.1 Å². The number of carboxylic acid groups (broad SMARTS) is 1. The highest BCUT2D eigenvalue weighted by molar-refractivity contribution is 7.89. The van der Waals surface area contributed by atoms with Crippen LogP contribution in [0.2, 0.25) is 0 Å². The number of methoxy groups -OCH3 is 1. The SMILES string of the molecule is COCCNS(=O)(=O)c1cc(C(=O)O)cc(-c2ccc(F)c(F)c2)c1. The first kappa shape index (κ1) is 19.0. The second-order valence-corrected chi connectivity index (χ2v) is 6.84. The molecule has 25 heavy (non-hydrogen) atoms. The van der Waals surface area contributed by atoms with Crippen molar-refractivity contribution in [2.45, 2.75) is 4.90 Å². The summed E-state index contributed by atoms with van der Waals surface area (Å²) in [6.07, 6.45) is 0. The number of rotatable bonds is 7. The largest absolute Gasteiger partial charge is 0.478 e. The molecule has 2 aromatic rings. The molecule has 134 valence electrons. The summed E-state index contributed by atoms with van der Waals surface area (Å²) in [6, 6.07) is 6.33. The van der Waals surface area contributed by atoms with Gasteiger partial charge in [0.15, 0.2) is 11.6 Å². The molecule has 0 heterocycles. The zero-order valence-corrected chi connectivity index (χ0v) is 13.9. The summed E-state index contributed by atoms with van der Waals surface area (Å²) < 4.78 is 58.1. The maximum Gasteiger partial charge on any atom is 0.335 e. The van der Waals surface area contributed by atoms with Gasteiger partial charge in [-0.2, -0.15) is 0 Å². The molecule has 0 aliphatic rings. The van der Waals surface area contributed by atoms with Crippen molar-refractivity contribution in [3.63, 3.8) is 0 Å². The van der Waals surface area contributed by atoms with Crippen LogP contribution in [0.5, 0.6) is 0 Å². The molecule has 6 nitrogen and oxygen atoms in total. The Balaban J connectivity index is 2.53. The van der Waals surface area contributed by atoms with Gasteiger partial charge < -0.3 is 9.84 Å². The fraction of sp³-hybridized carbons (Fsp3) is 0.188. The van der Waals surface area contributed by atoms with E-state index in [0.29, 0.717) is 0 Å². The summed E-state index contributed by atoms with van der Waals surface area (Å²) in [5.74, 6) is -3.54. The lowest BCUT2D eigenvalue weighted by Crippen LogP contribution is -2.27. The van der Waals surface area contributed by atoms with Crippen LogP contribution in [0.1, 0.15) is 10.4 Å². The van der Waals surface area contributed by atoms with Crippen LogP contribution < -0.4 is 4.72 Å². The number of hydrogen-bond acceptors (Lipinski definition) is 4. The molecule has 0 saturated heterocycles. The Morgan fingerprint density at radius 1 is 1.12 bits per heavy atom. The normalized spacial score (nSPS) is 11.5. The van der Waals surface area contributed by atoms with Crippen LogP contribution in [-0.2, 0) is 14.8 Å². The van der Waals surface area contributed by atoms with Gasteiger partial charge in [0.25, 0.3) is 0 Å². The van der Waals surface area contributed by atoms with E-state index in [2.05, 4.69) is 4.72 Å². The third-order valence-electron chi connectivity index (χ3n) is 3.31. The van der Waals surface area contributed by atoms with E-state index in [-0.39, 0.29) is 34.7 Å². The van der Waals surface area contributed by atoms with Crippen molar-refractivity contribution in [3.8, 4) is 11.1 Å². The standard InChI is InChI=1S/C16H15F2NO5S/c1-24-5-4-19-25(22,23)13-7-11(6-12(8-13)16(20)21)10-2-3-14(17)15(18)9-10/h2-3,6-9,19H,4-5H2,1H3,(H,20,21). The lowest BCUT2D eigenvalue weighted by molar-refractivity contribution is 0.0696. The number of sulfonamides is 1. The van der Waals surface area contributed by atoms with Crippen molar-refractivity contribution in [1.29, 1.82) is 0 Å². The van der Waals surface area contributed by atoms with E-state index in [0.717, 1.165) is 18.2 Å². The first-order valence-electron chi connectivity index (χ1n) is 7.07. The van der Waals surface area contributed by atoms with E-state index < -0.39 is 27.6 Å². The summed E-state index contributed by atoms with van der Waals surface area (Å²) in [5.41, 5.74) is -0.0180. The average Bonchev–Trinajstić information content (AvgIpc) is 2.57. The van der Waals surface area contributed by atoms with Gasteiger partial charge in [0.1, 0.15) is 0 Å². The van der Waals surface area contributed by atoms with Crippen molar-refractivity contribution in [2.24, 2.45) is 0 Å². The smallest absolute Gasteiger partial charge is 0.335 e. The first-order valence-corrected chi connectivity index (χ1v) is 8.55. The van der Waals surface area contributed by atoms with Gasteiger partial charge in [-0.15, -0.1) is 0 Å². The molecule has 0 atom stereocenters. The van der Waals surface area contributed by atoms with E-state index in [1.807, 2.05) is 0 Å². The molecular weight excluding hydrogens is 356 g/mol. The molecule has 2 N–H and O–H groups in total. The molecule has 0 bridgehead atoms. The third kappa shape index (κ3) is 4.59. The second kappa shape index (κ2) is 7.68. The van der Waals surface area contributed by atoms with Crippen LogP contribution in [-0.4, -0.2) is 39.8 Å². The fourth-order valence-corrected chi connectivity index (χ4v) is 3.16. The van der Waals surface area contributed by atoms with E-state index in [1.54, 1.807) is 0 Å². The van der Waals surface area contributed by atoms with Crippen molar-refractivity contribution >= 4 is 16.0 Å². The van der Waals surface area contributed by atoms with Crippen LogP contribution in [0.4, 0.5) is 8.78 Å². The molecule has 2 aromatic carbocycles. The Labute approximate surface area is 143 Å². The molecular formula is C16H15F2NO5S. The van der Waals surface area contributed by atoms with Crippen LogP contribution in [0.15, 0.2) is 41.3 Å². The van der Waals surface area contributed by atoms with E-state index in [1.165, 1.54) is 25.3 Å². The number of benzene rings is 2. The zero-order valence-electron chi connectivity index (χ0n) is 13.1. The van der Waals surface area contributed by atoms with Crippen LogP contribution in [0, 0.1) is 11.6 Å². The van der Waals surface area contributed by atoms with Crippen molar-refractivity contribution in [1.82, 2.24) is 4.72 Å². The topological polar surface area (TPSA) is 92.7 Å². The molecule has 0 fully saturated rings. The maximum absolute atomic E-state index is 13.4. The van der Waals surface area contributed by atoms with Crippen molar-refractivity contribution in [3.05, 3.63) is 53.6 Å². The van der Waals surface area contributed by atoms with Gasteiger partial charge in [-0.25, -0.2) is 26.7 Å². The maximum atomic E-state index is 13.4. The summed E-state index contributed by atoms with van der Waals surface area (Å²) in [7, 11) is -2.60. The number of hydrogen-bond donors (Lipinski definition) is 2. The summed E-state index contributed by atoms with van der Waals surface area (Å²) in [5, 5.41) is 9.19. The van der Waals surface area contributed by atoms with Crippen LogP contribution in [0.3, 0.4) is 0 Å². The van der Waals surface area contributed by atoms with Crippen molar-refractivity contribution in [2.75, 3.05) is 20.3 Å². The summed E-state index contributed by atoms with van der Waals surface area (Å²) in [4.78, 5) is 11.0. The molecule has 0 aliphatic carbocycles. The summed E-state index contributed by atoms with van der Waals surface area (Å²) in [6.45, 7) is 0.129. The number of carbonyl (C=O) groups is 1. The Morgan fingerprint density at radius 3 is 2.44 bits per heavy atom. The van der Waals surface area contributed by atoms with Gasteiger partial charge in [0, 0.05) is 13.7 Å². The number of aromatic carboxylic acids is 1. The minimum atomic E-state index is -4.00. The minimum Gasteiger partial charge on any atom is -0.478 e. The molecule has 0 spiro atoms. The quantitative estimate of drug-likeness (QED) is 0.729. The molecule has 0 radical (unpaired) electrons. The predicted molar refractivity (Wildman–Crippen MR) is 85.8 cm³/mol. The average molecular weight is 371 g/mol. The van der Waals surface area contributed by atoms with Gasteiger partial charge in [0.2, 0.25) is 10.0 Å². The second-order valence-electron chi connectivity index (χ2n) is 5.07. The lowest BCUT2D eigenvalue weighted by atomic mass is 10.0. The Hall–Kier alpha value is -2.36. The molecule has 0 unspecified atom stereocenters. The van der Waals surface area contributed by atoms with Crippen molar-refractivity contribution < 1.29 is 31.8 Å². The lowest BCUT2D eigenvalue weighted by Gasteiger charge is -2.10. The van der Waals surface area contributed by atoms with Gasteiger partial charge in [-0.05, 0) is 41.5 Å². The van der Waals surface area contributed by atoms with E-state index in [4.69, 9.17) is 4.74 Å². The van der Waals surface area contributed by atoms with Gasteiger partial charge >= 0.3 is 5.97 Å². The number of ether oxygens (including phenoxy) is 1. The number of nitrogens with one attached hydrogen (secondary N) is 1. The van der Waals surface area contributed by atoms with Gasteiger partial charge in [-0.3, -0.25) is 0 Å². The number of halogens is 2. The molecule has 0 saturated carbocycles. The van der Waals surface area contributed by atoms with Crippen LogP contribution >= 0.6 is 0 Å². The minimum absolute atomic E-state index is 0.00333. The summed E-state index contributed by atoms with van der Waals surface area (Å²) >= 11 is 0. The van der Waals surface area contributed by atoms with Gasteiger partial charge in [-0.1, -0.05) is 6.07 Å². The molecule has 0 aromatic heterocycles. The monoisotopic (exact) mass is 371 g/mol. The van der Waals surface area contributed by atoms with Crippen LogP contribution in [0.25, 0.3) is 11.1 Å². The Morgan fingerprint density at radius 2 is 1.84 bits per heavy atom. The third-order valence-corrected chi connectivity index (χ3v) is 4.76. The number of carboxylic acids is 1. The molecule has 0 amide bonds. The van der Waals surface area contributed by atoms with Gasteiger partial charge in [0.05, 0.1) is 17.1 Å². The predicted octanol–water partition coefficient (Wildman–Crippen LogP) is 2.25. The highest BCUT2D eigenvalue weighted by Crippen LogP contribution is 2.26. The molecule has 0 aliphatic heterocycles. The Kier molecular flexibility index (Phi) is 5.83. The Bertz CT molecular complexity index is 899. The zero-order chi connectivity index (χ0) is 18.6. The molecule has 2 rings (SSSR count). The highest BCUT2D eigenvalue weighted by Gasteiger charge is 2.18. The molecule has 9 heteroatoms. The van der Waals surface area contributed by atoms with E-state index >= 15 is 0 Å². The first-order chi connectivity index (χ1) is 11.7.